The van der Waals surface area contributed by atoms with Gasteiger partial charge in [-0.3, -0.25) is 4.79 Å². The number of rotatable bonds is 2. The summed E-state index contributed by atoms with van der Waals surface area (Å²) in [6.07, 6.45) is 0. The highest BCUT2D eigenvalue weighted by molar-refractivity contribution is 7.16. The molecule has 0 spiro atoms. The molecule has 0 radical (unpaired) electrons. The van der Waals surface area contributed by atoms with Crippen LogP contribution >= 0.6 is 11.3 Å². The molecule has 1 aromatic heterocycles. The van der Waals surface area contributed by atoms with Gasteiger partial charge in [0.05, 0.1) is 15.8 Å². The van der Waals surface area contributed by atoms with Gasteiger partial charge in [0.15, 0.2) is 0 Å². The number of carbonyl (C=O) groups is 1. The van der Waals surface area contributed by atoms with E-state index in [2.05, 4.69) is 10.5 Å². The quantitative estimate of drug-likeness (QED) is 0.727. The second-order valence-corrected chi connectivity index (χ2v) is 5.45. The van der Waals surface area contributed by atoms with Crippen molar-refractivity contribution < 1.29 is 9.18 Å². The molecule has 0 aliphatic rings. The van der Waals surface area contributed by atoms with Gasteiger partial charge in [0, 0.05) is 7.05 Å². The summed E-state index contributed by atoms with van der Waals surface area (Å²) in [4.78, 5) is 12.6. The zero-order valence-corrected chi connectivity index (χ0v) is 12.0. The number of nitrogens with zero attached hydrogens (tertiary/aromatic N) is 2. The number of aromatic nitrogens is 1. The van der Waals surface area contributed by atoms with E-state index in [-0.39, 0.29) is 5.56 Å². The minimum Gasteiger partial charge on any atom is -0.318 e. The van der Waals surface area contributed by atoms with Gasteiger partial charge >= 0.3 is 0 Å². The molecule has 0 bridgehead atoms. The number of fused-ring (bicyclic) bond motifs is 1. The Balaban J connectivity index is 1.93. The van der Waals surface area contributed by atoms with Crippen molar-refractivity contribution in [1.82, 2.24) is 9.99 Å². The van der Waals surface area contributed by atoms with Crippen LogP contribution in [0.15, 0.2) is 53.6 Å². The Labute approximate surface area is 124 Å². The van der Waals surface area contributed by atoms with Crippen molar-refractivity contribution in [2.45, 2.75) is 0 Å². The van der Waals surface area contributed by atoms with E-state index in [9.17, 15) is 9.18 Å². The molecule has 0 aliphatic heterocycles. The lowest BCUT2D eigenvalue weighted by molar-refractivity contribution is 0.0949. The molecular formula is C15H12FN3OS. The van der Waals surface area contributed by atoms with Crippen LogP contribution < -0.4 is 10.2 Å². The summed E-state index contributed by atoms with van der Waals surface area (Å²) < 4.78 is 16.5. The van der Waals surface area contributed by atoms with Crippen LogP contribution in [0.4, 0.5) is 4.39 Å². The molecule has 0 aliphatic carbocycles. The monoisotopic (exact) mass is 301 g/mol. The second kappa shape index (κ2) is 5.49. The molecule has 3 aromatic rings. The Hall–Kier alpha value is -2.47. The number of halogens is 1. The van der Waals surface area contributed by atoms with Crippen LogP contribution in [0.5, 0.6) is 0 Å². The van der Waals surface area contributed by atoms with Crippen molar-refractivity contribution in [3.05, 3.63) is 64.7 Å². The van der Waals surface area contributed by atoms with E-state index in [0.717, 1.165) is 10.2 Å². The second-order valence-electron chi connectivity index (χ2n) is 4.44. The predicted molar refractivity (Wildman–Crippen MR) is 80.2 cm³/mol. The summed E-state index contributed by atoms with van der Waals surface area (Å²) in [6.45, 7) is 0. The van der Waals surface area contributed by atoms with Gasteiger partial charge in [0.25, 0.3) is 5.91 Å². The van der Waals surface area contributed by atoms with Gasteiger partial charge in [-0.2, -0.15) is 0 Å². The van der Waals surface area contributed by atoms with Gasteiger partial charge in [-0.05, 0) is 24.3 Å². The maximum absolute atomic E-state index is 13.5. The molecule has 0 fully saturated rings. The van der Waals surface area contributed by atoms with E-state index in [4.69, 9.17) is 0 Å². The van der Waals surface area contributed by atoms with E-state index >= 15 is 0 Å². The Kier molecular flexibility index (Phi) is 3.53. The van der Waals surface area contributed by atoms with Crippen LogP contribution in [0.2, 0.25) is 0 Å². The number of para-hydroxylation sites is 1. The van der Waals surface area contributed by atoms with Crippen LogP contribution in [-0.2, 0) is 7.05 Å². The number of benzene rings is 2. The van der Waals surface area contributed by atoms with Gasteiger partial charge < -0.3 is 4.57 Å². The molecule has 2 aromatic carbocycles. The van der Waals surface area contributed by atoms with Gasteiger partial charge in [-0.1, -0.05) is 35.6 Å². The number of carbonyl (C=O) groups excluding carboxylic acids is 1. The highest BCUT2D eigenvalue weighted by Crippen LogP contribution is 2.15. The van der Waals surface area contributed by atoms with Crippen LogP contribution in [-0.4, -0.2) is 10.5 Å². The molecule has 4 nitrogen and oxygen atoms in total. The normalized spacial score (nSPS) is 11.8. The lowest BCUT2D eigenvalue weighted by atomic mass is 10.2. The maximum Gasteiger partial charge on any atom is 0.274 e. The third-order valence-electron chi connectivity index (χ3n) is 3.09. The van der Waals surface area contributed by atoms with Crippen LogP contribution in [0.25, 0.3) is 10.2 Å². The number of hydrogen-bond acceptors (Lipinski definition) is 3. The molecule has 1 amide bonds. The first kappa shape index (κ1) is 13.5. The summed E-state index contributed by atoms with van der Waals surface area (Å²) in [5.41, 5.74) is 3.40. The standard InChI is InChI=1S/C15H12FN3OS/c1-19-12-8-4-5-9-13(12)21-15(19)18-17-14(20)10-6-2-3-7-11(10)16/h2-9H,1H3,(H,17,20)/b18-15+. The Morgan fingerprint density at radius 1 is 1.19 bits per heavy atom. The zero-order chi connectivity index (χ0) is 14.8. The fourth-order valence-corrected chi connectivity index (χ4v) is 2.97. The van der Waals surface area contributed by atoms with E-state index < -0.39 is 11.7 Å². The molecule has 21 heavy (non-hydrogen) atoms. The fraction of sp³-hybridized carbons (Fsp3) is 0.0667. The zero-order valence-electron chi connectivity index (χ0n) is 11.2. The number of nitrogens with one attached hydrogen (secondary N) is 1. The average Bonchev–Trinajstić information content (AvgIpc) is 2.82. The molecular weight excluding hydrogens is 289 g/mol. The lowest BCUT2D eigenvalue weighted by Gasteiger charge is -2.00. The molecule has 0 atom stereocenters. The summed E-state index contributed by atoms with van der Waals surface area (Å²) in [7, 11) is 1.87. The van der Waals surface area contributed by atoms with Gasteiger partial charge in [-0.15, -0.1) is 5.10 Å². The van der Waals surface area contributed by atoms with E-state index in [1.54, 1.807) is 6.07 Å². The summed E-state index contributed by atoms with van der Waals surface area (Å²) in [6, 6.07) is 13.7. The molecule has 0 saturated heterocycles. The van der Waals surface area contributed by atoms with Crippen molar-refractivity contribution in [3.8, 4) is 0 Å². The SMILES string of the molecule is Cn1/c(=N\NC(=O)c2ccccc2F)sc2ccccc21. The van der Waals surface area contributed by atoms with Crippen LogP contribution in [0, 0.1) is 5.82 Å². The summed E-state index contributed by atoms with van der Waals surface area (Å²) >= 11 is 1.45. The van der Waals surface area contributed by atoms with Crippen molar-refractivity contribution in [1.29, 1.82) is 0 Å². The maximum atomic E-state index is 13.5. The van der Waals surface area contributed by atoms with E-state index in [1.165, 1.54) is 29.5 Å². The predicted octanol–water partition coefficient (Wildman–Crippen LogP) is 2.62. The Bertz CT molecular complexity index is 882. The molecule has 0 saturated carbocycles. The van der Waals surface area contributed by atoms with Gasteiger partial charge in [0.2, 0.25) is 4.80 Å². The molecule has 3 rings (SSSR count). The lowest BCUT2D eigenvalue weighted by Crippen LogP contribution is -2.23. The minimum absolute atomic E-state index is 0.0231. The first-order chi connectivity index (χ1) is 10.2. The summed E-state index contributed by atoms with van der Waals surface area (Å²) in [5, 5.41) is 4.08. The number of aryl methyl sites for hydroxylation is 1. The molecule has 106 valence electrons. The Morgan fingerprint density at radius 2 is 1.90 bits per heavy atom. The van der Waals surface area contributed by atoms with Gasteiger partial charge in [0.1, 0.15) is 5.82 Å². The third-order valence-corrected chi connectivity index (χ3v) is 4.20. The molecule has 1 N–H and O–H groups in total. The third kappa shape index (κ3) is 2.57. The average molecular weight is 301 g/mol. The first-order valence-electron chi connectivity index (χ1n) is 6.30. The summed E-state index contributed by atoms with van der Waals surface area (Å²) in [5.74, 6) is -1.13. The van der Waals surface area contributed by atoms with E-state index in [1.807, 2.05) is 35.9 Å². The Morgan fingerprint density at radius 3 is 2.67 bits per heavy atom. The van der Waals surface area contributed by atoms with Crippen molar-refractivity contribution in [3.63, 3.8) is 0 Å². The van der Waals surface area contributed by atoms with E-state index in [0.29, 0.717) is 4.80 Å². The number of amides is 1. The number of thiazole rings is 1. The van der Waals surface area contributed by atoms with Crippen molar-refractivity contribution in [2.75, 3.05) is 0 Å². The van der Waals surface area contributed by atoms with Crippen molar-refractivity contribution in [2.24, 2.45) is 12.1 Å². The first-order valence-corrected chi connectivity index (χ1v) is 7.11. The minimum atomic E-state index is -0.564. The largest absolute Gasteiger partial charge is 0.318 e. The van der Waals surface area contributed by atoms with Crippen LogP contribution in [0.1, 0.15) is 10.4 Å². The highest BCUT2D eigenvalue weighted by Gasteiger charge is 2.10. The smallest absolute Gasteiger partial charge is 0.274 e. The molecule has 1 heterocycles. The van der Waals surface area contributed by atoms with Crippen LogP contribution in [0.3, 0.4) is 0 Å². The van der Waals surface area contributed by atoms with Crippen molar-refractivity contribution >= 4 is 27.5 Å². The topological polar surface area (TPSA) is 46.4 Å². The molecule has 0 unspecified atom stereocenters. The molecule has 6 heteroatoms. The fourth-order valence-electron chi connectivity index (χ4n) is 1.99. The van der Waals surface area contributed by atoms with Gasteiger partial charge in [-0.25, -0.2) is 9.82 Å². The number of hydrogen-bond donors (Lipinski definition) is 1. The highest BCUT2D eigenvalue weighted by atomic mass is 32.1.